The van der Waals surface area contributed by atoms with Crippen molar-refractivity contribution in [3.05, 3.63) is 0 Å². The van der Waals surface area contributed by atoms with Gasteiger partial charge in [-0.3, -0.25) is 9.80 Å². The maximum Gasteiger partial charge on any atom is 0.172 e. The van der Waals surface area contributed by atoms with Crippen molar-refractivity contribution >= 4 is 26.8 Å². The first-order valence-electron chi connectivity index (χ1n) is 7.00. The molecule has 0 spiro atoms. The predicted molar refractivity (Wildman–Crippen MR) is 87.6 cm³/mol. The Morgan fingerprint density at radius 2 is 1.79 bits per heavy atom. The van der Waals surface area contributed by atoms with E-state index in [4.69, 9.17) is 4.99 Å². The number of nitrogens with zero attached hydrogens (tertiary/aromatic N) is 4. The van der Waals surface area contributed by atoms with Crippen molar-refractivity contribution in [2.75, 3.05) is 27.2 Å². The summed E-state index contributed by atoms with van der Waals surface area (Å²) < 4.78 is 0. The molecule has 0 N–H and O–H groups in total. The van der Waals surface area contributed by atoms with Gasteiger partial charge in [-0.05, 0) is 49.3 Å². The zero-order valence-electron chi connectivity index (χ0n) is 12.8. The van der Waals surface area contributed by atoms with Crippen LogP contribution >= 0.6 is 21.6 Å². The van der Waals surface area contributed by atoms with Crippen molar-refractivity contribution in [2.45, 2.75) is 51.3 Å². The van der Waals surface area contributed by atoms with E-state index in [1.165, 1.54) is 0 Å². The van der Waals surface area contributed by atoms with Gasteiger partial charge >= 0.3 is 0 Å². The number of rotatable bonds is 2. The molecule has 0 aromatic carbocycles. The average Bonchev–Trinajstić information content (AvgIpc) is 2.77. The molecule has 2 aliphatic heterocycles. The molecule has 0 amide bonds. The lowest BCUT2D eigenvalue weighted by molar-refractivity contribution is 0.0183. The first-order valence-corrected chi connectivity index (χ1v) is 9.21. The Balaban J connectivity index is 2.05. The van der Waals surface area contributed by atoms with Crippen LogP contribution in [0.15, 0.2) is 4.99 Å². The lowest BCUT2D eigenvalue weighted by Gasteiger charge is -2.47. The molecule has 2 aliphatic rings. The molecule has 0 aromatic rings. The van der Waals surface area contributed by atoms with E-state index in [1.807, 2.05) is 10.8 Å². The van der Waals surface area contributed by atoms with Crippen molar-refractivity contribution in [1.29, 1.82) is 0 Å². The highest BCUT2D eigenvalue weighted by atomic mass is 33.1. The first kappa shape index (κ1) is 15.5. The van der Waals surface area contributed by atoms with Crippen LogP contribution in [0.1, 0.15) is 27.7 Å². The van der Waals surface area contributed by atoms with E-state index >= 15 is 0 Å². The second kappa shape index (κ2) is 6.24. The van der Waals surface area contributed by atoms with Crippen LogP contribution in [0, 0.1) is 0 Å². The molecule has 3 unspecified atom stereocenters. The zero-order valence-corrected chi connectivity index (χ0v) is 14.5. The number of amidine groups is 1. The van der Waals surface area contributed by atoms with Crippen LogP contribution in [0.5, 0.6) is 0 Å². The summed E-state index contributed by atoms with van der Waals surface area (Å²) in [6.45, 7) is 11.5. The Morgan fingerprint density at radius 3 is 2.21 bits per heavy atom. The average molecular weight is 303 g/mol. The van der Waals surface area contributed by atoms with Gasteiger partial charge in [0.15, 0.2) is 10.7 Å². The topological polar surface area (TPSA) is 22.1 Å². The SMILES string of the molecule is CC(C)N1CC(C)N(C2N=C(N(C)C)SS2)C(C)C1. The van der Waals surface area contributed by atoms with Gasteiger partial charge in [0.1, 0.15) is 0 Å². The molecule has 2 rings (SSSR count). The van der Waals surface area contributed by atoms with Gasteiger partial charge in [-0.15, -0.1) is 0 Å². The highest BCUT2D eigenvalue weighted by Crippen LogP contribution is 2.40. The standard InChI is InChI=1S/C13H26N4S2/c1-9(2)16-7-10(3)17(11(4)8-16)13-14-12(15(5)6)18-19-13/h9-11,13H,7-8H2,1-6H3. The fourth-order valence-electron chi connectivity index (χ4n) is 2.76. The van der Waals surface area contributed by atoms with Gasteiger partial charge in [-0.1, -0.05) is 0 Å². The molecule has 19 heavy (non-hydrogen) atoms. The van der Waals surface area contributed by atoms with E-state index < -0.39 is 0 Å². The third kappa shape index (κ3) is 3.40. The summed E-state index contributed by atoms with van der Waals surface area (Å²) in [6.07, 6.45) is 0. The molecule has 2 heterocycles. The van der Waals surface area contributed by atoms with Crippen molar-refractivity contribution in [2.24, 2.45) is 4.99 Å². The third-order valence-corrected chi connectivity index (χ3v) is 6.30. The second-order valence-electron chi connectivity index (χ2n) is 6.00. The monoisotopic (exact) mass is 302 g/mol. The van der Waals surface area contributed by atoms with Crippen molar-refractivity contribution in [3.8, 4) is 0 Å². The number of hydrogen-bond acceptors (Lipinski definition) is 6. The van der Waals surface area contributed by atoms with Crippen LogP contribution in [0.2, 0.25) is 0 Å². The molecule has 1 saturated heterocycles. The first-order chi connectivity index (χ1) is 8.90. The van der Waals surface area contributed by atoms with E-state index in [1.54, 1.807) is 10.8 Å². The van der Waals surface area contributed by atoms with Gasteiger partial charge in [0.2, 0.25) is 0 Å². The molecule has 0 aromatic heterocycles. The molecular weight excluding hydrogens is 276 g/mol. The summed E-state index contributed by atoms with van der Waals surface area (Å²) >= 11 is 0. The van der Waals surface area contributed by atoms with Crippen molar-refractivity contribution < 1.29 is 0 Å². The van der Waals surface area contributed by atoms with E-state index in [-0.39, 0.29) is 5.50 Å². The zero-order chi connectivity index (χ0) is 14.2. The van der Waals surface area contributed by atoms with E-state index in [2.05, 4.69) is 56.5 Å². The van der Waals surface area contributed by atoms with Gasteiger partial charge in [0.25, 0.3) is 0 Å². The fourth-order valence-corrected chi connectivity index (χ4v) is 5.47. The Morgan fingerprint density at radius 1 is 1.21 bits per heavy atom. The van der Waals surface area contributed by atoms with Crippen LogP contribution in [0.4, 0.5) is 0 Å². The maximum atomic E-state index is 4.86. The van der Waals surface area contributed by atoms with Crippen LogP contribution < -0.4 is 0 Å². The minimum absolute atomic E-state index is 0.279. The van der Waals surface area contributed by atoms with Crippen LogP contribution in [-0.4, -0.2) is 70.7 Å². The molecule has 110 valence electrons. The Bertz CT molecular complexity index is 334. The van der Waals surface area contributed by atoms with Gasteiger partial charge < -0.3 is 4.90 Å². The third-order valence-electron chi connectivity index (χ3n) is 3.81. The van der Waals surface area contributed by atoms with Crippen LogP contribution in [0.25, 0.3) is 0 Å². The summed E-state index contributed by atoms with van der Waals surface area (Å²) in [5.41, 5.74) is 0.279. The Kier molecular flexibility index (Phi) is 5.09. The van der Waals surface area contributed by atoms with Gasteiger partial charge in [0, 0.05) is 45.3 Å². The quantitative estimate of drug-likeness (QED) is 0.728. The van der Waals surface area contributed by atoms with Gasteiger partial charge in [0.05, 0.1) is 0 Å². The molecule has 4 nitrogen and oxygen atoms in total. The normalized spacial score (nSPS) is 33.8. The molecule has 3 atom stereocenters. The van der Waals surface area contributed by atoms with E-state index in [0.717, 1.165) is 18.3 Å². The smallest absolute Gasteiger partial charge is 0.172 e. The van der Waals surface area contributed by atoms with Gasteiger partial charge in [-0.25, -0.2) is 4.99 Å². The minimum Gasteiger partial charge on any atom is -0.357 e. The number of aliphatic imine (C=N–C) groups is 1. The highest BCUT2D eigenvalue weighted by Gasteiger charge is 2.37. The molecule has 0 radical (unpaired) electrons. The minimum atomic E-state index is 0.279. The molecule has 0 bridgehead atoms. The van der Waals surface area contributed by atoms with E-state index in [9.17, 15) is 0 Å². The Labute approximate surface area is 125 Å². The van der Waals surface area contributed by atoms with Gasteiger partial charge in [-0.2, -0.15) is 0 Å². The lowest BCUT2D eigenvalue weighted by Crippen LogP contribution is -2.59. The molecule has 1 fully saturated rings. The lowest BCUT2D eigenvalue weighted by atomic mass is 10.1. The summed E-state index contributed by atoms with van der Waals surface area (Å²) in [5.74, 6) is 0. The number of hydrogen-bond donors (Lipinski definition) is 0. The molecule has 6 heteroatoms. The summed E-state index contributed by atoms with van der Waals surface area (Å²) in [4.78, 5) is 12.1. The Hall–Kier alpha value is 0.0900. The van der Waals surface area contributed by atoms with Crippen LogP contribution in [-0.2, 0) is 0 Å². The van der Waals surface area contributed by atoms with E-state index in [0.29, 0.717) is 18.1 Å². The van der Waals surface area contributed by atoms with Crippen LogP contribution in [0.3, 0.4) is 0 Å². The predicted octanol–water partition coefficient (Wildman–Crippen LogP) is 2.39. The van der Waals surface area contributed by atoms with Crippen molar-refractivity contribution in [3.63, 3.8) is 0 Å². The molecular formula is C13H26N4S2. The maximum absolute atomic E-state index is 4.86. The summed E-state index contributed by atoms with van der Waals surface area (Å²) in [5, 5.41) is 1.14. The molecule has 0 saturated carbocycles. The van der Waals surface area contributed by atoms with Crippen molar-refractivity contribution in [1.82, 2.24) is 14.7 Å². The second-order valence-corrected chi connectivity index (χ2v) is 8.23. The number of piperazine rings is 1. The summed E-state index contributed by atoms with van der Waals surface area (Å²) in [7, 11) is 7.82. The fraction of sp³-hybridized carbons (Fsp3) is 0.923. The molecule has 0 aliphatic carbocycles. The summed E-state index contributed by atoms with van der Waals surface area (Å²) in [6, 6.07) is 1.77. The largest absolute Gasteiger partial charge is 0.357 e. The highest BCUT2D eigenvalue weighted by molar-refractivity contribution is 8.82.